The monoisotopic (exact) mass is 218 g/mol. The molecule has 1 N–H and O–H groups in total. The van der Waals surface area contributed by atoms with Crippen LogP contribution in [0.25, 0.3) is 0 Å². The average molecular weight is 218 g/mol. The van der Waals surface area contributed by atoms with Gasteiger partial charge in [0.05, 0.1) is 37.0 Å². The van der Waals surface area contributed by atoms with Crippen LogP contribution in [0.5, 0.6) is 0 Å². The Balaban J connectivity index is 2.18. The van der Waals surface area contributed by atoms with Crippen LogP contribution in [0.3, 0.4) is 0 Å². The van der Waals surface area contributed by atoms with E-state index < -0.39 is 0 Å². The third-order valence-corrected chi connectivity index (χ3v) is 3.70. The van der Waals surface area contributed by atoms with Crippen molar-refractivity contribution in [1.82, 2.24) is 4.90 Å². The van der Waals surface area contributed by atoms with E-state index in [0.29, 0.717) is 11.8 Å². The van der Waals surface area contributed by atoms with Crippen LogP contribution in [0.15, 0.2) is 5.16 Å². The van der Waals surface area contributed by atoms with E-state index in [-0.39, 0.29) is 19.1 Å². The van der Waals surface area contributed by atoms with Gasteiger partial charge in [0.25, 0.3) is 0 Å². The van der Waals surface area contributed by atoms with Gasteiger partial charge in [-0.2, -0.15) is 10.5 Å². The number of fused-ring (bicyclic) bond motifs is 2. The molecule has 0 saturated heterocycles. The lowest BCUT2D eigenvalue weighted by Gasteiger charge is -2.31. The van der Waals surface area contributed by atoms with E-state index in [2.05, 4.69) is 17.3 Å². The zero-order chi connectivity index (χ0) is 11.5. The minimum Gasteiger partial charge on any atom is -0.411 e. The SMILES string of the molecule is N#CCN(CC#N)[C@@H]1/C(=N/O)[C@@H]2CC[C@H]1C2. The Morgan fingerprint density at radius 3 is 2.56 bits per heavy atom. The number of rotatable bonds is 3. The van der Waals surface area contributed by atoms with E-state index in [0.717, 1.165) is 25.0 Å². The molecule has 0 aliphatic heterocycles. The van der Waals surface area contributed by atoms with Gasteiger partial charge in [-0.15, -0.1) is 0 Å². The summed E-state index contributed by atoms with van der Waals surface area (Å²) in [5.74, 6) is 0.817. The average Bonchev–Trinajstić information content (AvgIpc) is 2.88. The number of nitrogens with zero attached hydrogens (tertiary/aromatic N) is 4. The first-order valence-electron chi connectivity index (χ1n) is 5.51. The normalized spacial score (nSPS) is 34.2. The van der Waals surface area contributed by atoms with Crippen LogP contribution in [0.4, 0.5) is 0 Å². The zero-order valence-electron chi connectivity index (χ0n) is 9.00. The van der Waals surface area contributed by atoms with E-state index in [1.165, 1.54) is 0 Å². The van der Waals surface area contributed by atoms with Crippen molar-refractivity contribution in [2.24, 2.45) is 17.0 Å². The highest BCUT2D eigenvalue weighted by atomic mass is 16.4. The fourth-order valence-corrected chi connectivity index (χ4v) is 3.12. The maximum atomic E-state index is 9.04. The van der Waals surface area contributed by atoms with Crippen LogP contribution in [-0.4, -0.2) is 35.0 Å². The first-order chi connectivity index (χ1) is 7.81. The Bertz CT molecular complexity index is 362. The molecule has 5 heteroatoms. The smallest absolute Gasteiger partial charge is 0.0879 e. The Kier molecular flexibility index (Phi) is 3.07. The molecule has 0 spiro atoms. The molecule has 0 radical (unpaired) electrons. The summed E-state index contributed by atoms with van der Waals surface area (Å²) in [5, 5.41) is 29.9. The Morgan fingerprint density at radius 2 is 2.00 bits per heavy atom. The molecular weight excluding hydrogens is 204 g/mol. The molecule has 2 bridgehead atoms. The van der Waals surface area contributed by atoms with E-state index in [1.54, 1.807) is 0 Å². The van der Waals surface area contributed by atoms with Gasteiger partial charge in [-0.3, -0.25) is 4.90 Å². The molecule has 2 rings (SSSR count). The predicted octanol–water partition coefficient (Wildman–Crippen LogP) is 0.964. The largest absolute Gasteiger partial charge is 0.411 e. The lowest BCUT2D eigenvalue weighted by atomic mass is 9.92. The fraction of sp³-hybridized carbons (Fsp3) is 0.727. The summed E-state index contributed by atoms with van der Waals surface area (Å²) in [6.07, 6.45) is 3.23. The van der Waals surface area contributed by atoms with Gasteiger partial charge in [-0.05, 0) is 25.2 Å². The standard InChI is InChI=1S/C11H14N4O/c12-3-5-15(6-4-13)11-9-2-1-8(7-9)10(11)14-16/h8-9,11,16H,1-2,5-7H2/b14-10+/t8-,9+,11+/m1/s1. The molecule has 2 aliphatic rings. The summed E-state index contributed by atoms with van der Waals surface area (Å²) in [7, 11) is 0. The van der Waals surface area contributed by atoms with Gasteiger partial charge >= 0.3 is 0 Å². The van der Waals surface area contributed by atoms with Gasteiger partial charge in [-0.25, -0.2) is 0 Å². The Morgan fingerprint density at radius 1 is 1.31 bits per heavy atom. The molecule has 0 heterocycles. The highest BCUT2D eigenvalue weighted by Crippen LogP contribution is 2.44. The van der Waals surface area contributed by atoms with Crippen LogP contribution in [-0.2, 0) is 0 Å². The van der Waals surface area contributed by atoms with Crippen LogP contribution in [0.2, 0.25) is 0 Å². The summed E-state index contributed by atoms with van der Waals surface area (Å²) in [6, 6.07) is 4.15. The maximum Gasteiger partial charge on any atom is 0.0879 e. The molecule has 0 aromatic heterocycles. The quantitative estimate of drug-likeness (QED) is 0.434. The van der Waals surface area contributed by atoms with Crippen molar-refractivity contribution >= 4 is 5.71 Å². The van der Waals surface area contributed by atoms with Crippen LogP contribution in [0, 0.1) is 34.5 Å². The molecule has 2 saturated carbocycles. The number of hydrogen-bond donors (Lipinski definition) is 1. The molecule has 2 aliphatic carbocycles. The minimum atomic E-state index is 0.00282. The van der Waals surface area contributed by atoms with Crippen LogP contribution in [0.1, 0.15) is 19.3 Å². The summed E-state index contributed by atoms with van der Waals surface area (Å²) in [4.78, 5) is 1.82. The summed E-state index contributed by atoms with van der Waals surface area (Å²) >= 11 is 0. The molecule has 0 aromatic rings. The molecule has 0 unspecified atom stereocenters. The molecule has 16 heavy (non-hydrogen) atoms. The predicted molar refractivity (Wildman–Crippen MR) is 56.6 cm³/mol. The molecule has 0 amide bonds. The number of nitriles is 2. The Labute approximate surface area is 94.6 Å². The first kappa shape index (κ1) is 10.9. The van der Waals surface area contributed by atoms with Gasteiger partial charge in [0.2, 0.25) is 0 Å². The maximum absolute atomic E-state index is 9.04. The molecule has 84 valence electrons. The lowest BCUT2D eigenvalue weighted by molar-refractivity contribution is 0.232. The van der Waals surface area contributed by atoms with Crippen molar-refractivity contribution in [3.05, 3.63) is 0 Å². The highest BCUT2D eigenvalue weighted by Gasteiger charge is 2.47. The summed E-state index contributed by atoms with van der Waals surface area (Å²) in [6.45, 7) is 0.445. The topological polar surface area (TPSA) is 83.4 Å². The first-order valence-corrected chi connectivity index (χ1v) is 5.51. The minimum absolute atomic E-state index is 0.00282. The zero-order valence-corrected chi connectivity index (χ0v) is 9.00. The Hall–Kier alpha value is -1.59. The van der Waals surface area contributed by atoms with Gasteiger partial charge < -0.3 is 5.21 Å². The second-order valence-electron chi connectivity index (χ2n) is 4.46. The second kappa shape index (κ2) is 4.51. The molecule has 0 aromatic carbocycles. The van der Waals surface area contributed by atoms with Gasteiger partial charge in [0.1, 0.15) is 0 Å². The third kappa shape index (κ3) is 1.64. The van der Waals surface area contributed by atoms with E-state index >= 15 is 0 Å². The molecule has 3 atom stereocenters. The summed E-state index contributed by atoms with van der Waals surface area (Å²) in [5.41, 5.74) is 0.779. The number of hydrogen-bond acceptors (Lipinski definition) is 5. The van der Waals surface area contributed by atoms with E-state index in [4.69, 9.17) is 15.7 Å². The van der Waals surface area contributed by atoms with Crippen LogP contribution >= 0.6 is 0 Å². The van der Waals surface area contributed by atoms with Crippen molar-refractivity contribution < 1.29 is 5.21 Å². The number of oxime groups is 1. The van der Waals surface area contributed by atoms with Crippen molar-refractivity contribution in [2.75, 3.05) is 13.1 Å². The van der Waals surface area contributed by atoms with Crippen molar-refractivity contribution in [1.29, 1.82) is 10.5 Å². The van der Waals surface area contributed by atoms with Crippen LogP contribution < -0.4 is 0 Å². The van der Waals surface area contributed by atoms with Crippen molar-refractivity contribution in [3.63, 3.8) is 0 Å². The molecule has 5 nitrogen and oxygen atoms in total. The fourth-order valence-electron chi connectivity index (χ4n) is 3.12. The van der Waals surface area contributed by atoms with Crippen molar-refractivity contribution in [2.45, 2.75) is 25.3 Å². The van der Waals surface area contributed by atoms with Crippen molar-refractivity contribution in [3.8, 4) is 12.1 Å². The van der Waals surface area contributed by atoms with Gasteiger partial charge in [0.15, 0.2) is 0 Å². The summed E-state index contributed by atoms with van der Waals surface area (Å²) < 4.78 is 0. The highest BCUT2D eigenvalue weighted by molar-refractivity contribution is 5.94. The lowest BCUT2D eigenvalue weighted by Crippen LogP contribution is -2.45. The molecule has 2 fully saturated rings. The molecular formula is C11H14N4O. The second-order valence-corrected chi connectivity index (χ2v) is 4.46. The van der Waals surface area contributed by atoms with Gasteiger partial charge in [-0.1, -0.05) is 5.16 Å². The third-order valence-electron chi connectivity index (χ3n) is 3.70. The van der Waals surface area contributed by atoms with E-state index in [9.17, 15) is 0 Å². The van der Waals surface area contributed by atoms with E-state index in [1.807, 2.05) is 4.90 Å². The van der Waals surface area contributed by atoms with Gasteiger partial charge in [0, 0.05) is 5.92 Å².